The largest absolute Gasteiger partial charge is 0.465 e. The van der Waals surface area contributed by atoms with Gasteiger partial charge in [-0.05, 0) is 42.2 Å². The highest BCUT2D eigenvalue weighted by atomic mass is 19.4. The van der Waals surface area contributed by atoms with Crippen LogP contribution in [0.25, 0.3) is 0 Å². The fourth-order valence-electron chi connectivity index (χ4n) is 2.17. The number of halogens is 3. The first-order valence-electron chi connectivity index (χ1n) is 6.79. The highest BCUT2D eigenvalue weighted by Crippen LogP contribution is 2.33. The number of alkyl halides is 3. The molecule has 2 aromatic rings. The summed E-state index contributed by atoms with van der Waals surface area (Å²) in [6.07, 6.45) is -0.468. The van der Waals surface area contributed by atoms with E-state index in [9.17, 15) is 18.0 Å². The van der Waals surface area contributed by atoms with Crippen LogP contribution in [0.4, 0.5) is 18.9 Å². The molecule has 0 saturated heterocycles. The van der Waals surface area contributed by atoms with E-state index in [1.54, 1.807) is 12.3 Å². The number of hydrogen-bond donors (Lipinski definition) is 1. The lowest BCUT2D eigenvalue weighted by molar-refractivity contribution is -0.136. The number of nitrogen functional groups attached to an aromatic ring is 1. The van der Waals surface area contributed by atoms with Crippen molar-refractivity contribution in [2.24, 2.45) is 0 Å². The SMILES string of the molecule is COC(=O)c1cncc(CCc2ccc(C(F)(F)F)c(N)c2)c1. The summed E-state index contributed by atoms with van der Waals surface area (Å²) in [6, 6.07) is 5.34. The maximum atomic E-state index is 12.7. The monoisotopic (exact) mass is 324 g/mol. The van der Waals surface area contributed by atoms with Crippen LogP contribution in [0.1, 0.15) is 27.0 Å². The van der Waals surface area contributed by atoms with Crippen molar-refractivity contribution in [1.82, 2.24) is 4.98 Å². The molecule has 0 radical (unpaired) electrons. The van der Waals surface area contributed by atoms with Gasteiger partial charge in [-0.15, -0.1) is 0 Å². The zero-order valence-electron chi connectivity index (χ0n) is 12.4. The van der Waals surface area contributed by atoms with Gasteiger partial charge < -0.3 is 10.5 Å². The maximum Gasteiger partial charge on any atom is 0.418 e. The molecule has 1 aromatic carbocycles. The summed E-state index contributed by atoms with van der Waals surface area (Å²) in [4.78, 5) is 15.4. The number of nitrogens with zero attached hydrogens (tertiary/aromatic N) is 1. The number of aromatic nitrogens is 1. The van der Waals surface area contributed by atoms with Crippen molar-refractivity contribution in [2.45, 2.75) is 19.0 Å². The number of carbonyl (C=O) groups is 1. The first kappa shape index (κ1) is 16.8. The summed E-state index contributed by atoms with van der Waals surface area (Å²) in [5.74, 6) is -0.488. The molecule has 0 saturated carbocycles. The lowest BCUT2D eigenvalue weighted by atomic mass is 10.0. The van der Waals surface area contributed by atoms with Crippen LogP contribution in [0.2, 0.25) is 0 Å². The predicted molar refractivity (Wildman–Crippen MR) is 78.8 cm³/mol. The maximum absolute atomic E-state index is 12.7. The number of hydrogen-bond acceptors (Lipinski definition) is 4. The van der Waals surface area contributed by atoms with Crippen LogP contribution in [0.5, 0.6) is 0 Å². The lowest BCUT2D eigenvalue weighted by Gasteiger charge is -2.11. The van der Waals surface area contributed by atoms with E-state index in [4.69, 9.17) is 5.73 Å². The number of aryl methyl sites for hydroxylation is 2. The lowest BCUT2D eigenvalue weighted by Crippen LogP contribution is -2.09. The van der Waals surface area contributed by atoms with Gasteiger partial charge in [-0.3, -0.25) is 4.98 Å². The Balaban J connectivity index is 2.10. The van der Waals surface area contributed by atoms with Crippen LogP contribution >= 0.6 is 0 Å². The molecule has 1 aromatic heterocycles. The number of pyridine rings is 1. The number of rotatable bonds is 4. The smallest absolute Gasteiger partial charge is 0.418 e. The van der Waals surface area contributed by atoms with E-state index in [1.165, 1.54) is 25.4 Å². The Morgan fingerprint density at radius 2 is 1.87 bits per heavy atom. The highest BCUT2D eigenvalue weighted by Gasteiger charge is 2.32. The summed E-state index contributed by atoms with van der Waals surface area (Å²) in [5.41, 5.74) is 6.13. The number of carbonyl (C=O) groups excluding carboxylic acids is 1. The summed E-state index contributed by atoms with van der Waals surface area (Å²) in [7, 11) is 1.28. The molecule has 2 rings (SSSR count). The standard InChI is InChI=1S/C16H15F3N2O2/c1-23-15(22)12-6-11(8-21-9-12)3-2-10-4-5-13(14(20)7-10)16(17,18)19/h4-9H,2-3,20H2,1H3. The third kappa shape index (κ3) is 4.21. The van der Waals surface area contributed by atoms with E-state index in [0.717, 1.165) is 11.6 Å². The fraction of sp³-hybridized carbons (Fsp3) is 0.250. The molecular weight excluding hydrogens is 309 g/mol. The summed E-state index contributed by atoms with van der Waals surface area (Å²) in [6.45, 7) is 0. The normalized spacial score (nSPS) is 11.3. The van der Waals surface area contributed by atoms with E-state index >= 15 is 0 Å². The first-order valence-corrected chi connectivity index (χ1v) is 6.79. The molecular formula is C16H15F3N2O2. The number of anilines is 1. The van der Waals surface area contributed by atoms with Gasteiger partial charge >= 0.3 is 12.1 Å². The van der Waals surface area contributed by atoms with Crippen molar-refractivity contribution in [2.75, 3.05) is 12.8 Å². The van der Waals surface area contributed by atoms with Crippen LogP contribution in [-0.4, -0.2) is 18.1 Å². The molecule has 0 aliphatic heterocycles. The Bertz CT molecular complexity index is 715. The Hall–Kier alpha value is -2.57. The topological polar surface area (TPSA) is 65.2 Å². The molecule has 0 unspecified atom stereocenters. The van der Waals surface area contributed by atoms with Crippen LogP contribution in [0.3, 0.4) is 0 Å². The van der Waals surface area contributed by atoms with E-state index < -0.39 is 17.7 Å². The second kappa shape index (κ2) is 6.68. The van der Waals surface area contributed by atoms with E-state index in [-0.39, 0.29) is 5.69 Å². The molecule has 23 heavy (non-hydrogen) atoms. The summed E-state index contributed by atoms with van der Waals surface area (Å²) < 4.78 is 42.6. The Morgan fingerprint density at radius 3 is 2.48 bits per heavy atom. The van der Waals surface area contributed by atoms with Crippen molar-refractivity contribution < 1.29 is 22.7 Å². The average Bonchev–Trinajstić information content (AvgIpc) is 2.51. The Kier molecular flexibility index (Phi) is 4.88. The molecule has 7 heteroatoms. The molecule has 122 valence electrons. The molecule has 0 bridgehead atoms. The van der Waals surface area contributed by atoms with Crippen molar-refractivity contribution >= 4 is 11.7 Å². The van der Waals surface area contributed by atoms with Crippen LogP contribution in [-0.2, 0) is 23.8 Å². The number of benzene rings is 1. The minimum atomic E-state index is -4.46. The molecule has 1 heterocycles. The molecule has 0 fully saturated rings. The zero-order chi connectivity index (χ0) is 17.0. The van der Waals surface area contributed by atoms with Gasteiger partial charge in [0.2, 0.25) is 0 Å². The van der Waals surface area contributed by atoms with Gasteiger partial charge in [0, 0.05) is 18.1 Å². The van der Waals surface area contributed by atoms with Gasteiger partial charge in [-0.2, -0.15) is 13.2 Å². The quantitative estimate of drug-likeness (QED) is 0.692. The highest BCUT2D eigenvalue weighted by molar-refractivity contribution is 5.89. The van der Waals surface area contributed by atoms with Gasteiger partial charge in [0.25, 0.3) is 0 Å². The van der Waals surface area contributed by atoms with E-state index in [1.807, 2.05) is 0 Å². The van der Waals surface area contributed by atoms with Crippen molar-refractivity contribution in [3.8, 4) is 0 Å². The van der Waals surface area contributed by atoms with Gasteiger partial charge in [0.1, 0.15) is 0 Å². The van der Waals surface area contributed by atoms with Gasteiger partial charge in [-0.25, -0.2) is 4.79 Å². The second-order valence-electron chi connectivity index (χ2n) is 4.99. The molecule has 0 spiro atoms. The van der Waals surface area contributed by atoms with E-state index in [0.29, 0.717) is 24.0 Å². The minimum Gasteiger partial charge on any atom is -0.465 e. The minimum absolute atomic E-state index is 0.295. The second-order valence-corrected chi connectivity index (χ2v) is 4.99. The first-order chi connectivity index (χ1) is 10.8. The number of methoxy groups -OCH3 is 1. The molecule has 0 amide bonds. The third-order valence-corrected chi connectivity index (χ3v) is 3.34. The average molecular weight is 324 g/mol. The van der Waals surface area contributed by atoms with Gasteiger partial charge in [-0.1, -0.05) is 6.07 Å². The fourth-order valence-corrected chi connectivity index (χ4v) is 2.17. The molecule has 0 aliphatic carbocycles. The zero-order valence-corrected chi connectivity index (χ0v) is 12.4. The number of ether oxygens (including phenoxy) is 1. The Labute approximate surface area is 131 Å². The van der Waals surface area contributed by atoms with Crippen molar-refractivity contribution in [1.29, 1.82) is 0 Å². The molecule has 4 nitrogen and oxygen atoms in total. The number of nitrogens with two attached hydrogens (primary N) is 1. The van der Waals surface area contributed by atoms with Crippen molar-refractivity contribution in [3.63, 3.8) is 0 Å². The van der Waals surface area contributed by atoms with Crippen LogP contribution < -0.4 is 5.73 Å². The summed E-state index contributed by atoms with van der Waals surface area (Å²) >= 11 is 0. The molecule has 2 N–H and O–H groups in total. The van der Waals surface area contributed by atoms with Gasteiger partial charge in [0.05, 0.1) is 18.2 Å². The summed E-state index contributed by atoms with van der Waals surface area (Å²) in [5, 5.41) is 0. The predicted octanol–water partition coefficient (Wildman–Crippen LogP) is 3.25. The Morgan fingerprint density at radius 1 is 1.17 bits per heavy atom. The van der Waals surface area contributed by atoms with Gasteiger partial charge in [0.15, 0.2) is 0 Å². The van der Waals surface area contributed by atoms with Crippen LogP contribution in [0, 0.1) is 0 Å². The van der Waals surface area contributed by atoms with E-state index in [2.05, 4.69) is 9.72 Å². The number of esters is 1. The van der Waals surface area contributed by atoms with Crippen molar-refractivity contribution in [3.05, 3.63) is 58.9 Å². The molecule has 0 atom stereocenters. The third-order valence-electron chi connectivity index (χ3n) is 3.34. The van der Waals surface area contributed by atoms with Crippen LogP contribution in [0.15, 0.2) is 36.7 Å². The molecule has 0 aliphatic rings.